The molecule has 3 rings (SSSR count). The van der Waals surface area contributed by atoms with Gasteiger partial charge in [0.25, 0.3) is 10.0 Å². The van der Waals surface area contributed by atoms with Crippen molar-refractivity contribution < 1.29 is 27.5 Å². The number of hydrogen-bond donors (Lipinski definition) is 1. The van der Waals surface area contributed by atoms with Crippen LogP contribution < -0.4 is 19.1 Å². The summed E-state index contributed by atoms with van der Waals surface area (Å²) >= 11 is 12.4. The molecular formula is C31H37Cl2N3O6S. The molecule has 0 heterocycles. The summed E-state index contributed by atoms with van der Waals surface area (Å²) in [6.45, 7) is 5.41. The highest BCUT2D eigenvalue weighted by Gasteiger charge is 2.34. The number of carbonyl (C=O) groups is 2. The van der Waals surface area contributed by atoms with Gasteiger partial charge in [-0.15, -0.1) is 0 Å². The van der Waals surface area contributed by atoms with E-state index in [-0.39, 0.29) is 28.8 Å². The third-order valence-electron chi connectivity index (χ3n) is 6.82. The van der Waals surface area contributed by atoms with Crippen molar-refractivity contribution in [2.24, 2.45) is 0 Å². The molecule has 43 heavy (non-hydrogen) atoms. The number of rotatable bonds is 14. The average Bonchev–Trinajstić information content (AvgIpc) is 3.00. The molecule has 1 atom stereocenters. The lowest BCUT2D eigenvalue weighted by molar-refractivity contribution is -0.140. The lowest BCUT2D eigenvalue weighted by Gasteiger charge is -2.33. The number of aryl methyl sites for hydroxylation is 1. The fourth-order valence-electron chi connectivity index (χ4n) is 4.47. The molecule has 1 unspecified atom stereocenters. The first kappa shape index (κ1) is 34.0. The van der Waals surface area contributed by atoms with E-state index in [0.717, 1.165) is 9.87 Å². The first-order valence-corrected chi connectivity index (χ1v) is 16.0. The van der Waals surface area contributed by atoms with E-state index in [9.17, 15) is 18.0 Å². The van der Waals surface area contributed by atoms with E-state index >= 15 is 0 Å². The van der Waals surface area contributed by atoms with Gasteiger partial charge in [0.15, 0.2) is 11.5 Å². The predicted molar refractivity (Wildman–Crippen MR) is 170 cm³/mol. The molecule has 1 N–H and O–H groups in total. The van der Waals surface area contributed by atoms with E-state index in [1.165, 1.54) is 43.4 Å². The molecule has 0 aromatic heterocycles. The molecule has 0 bridgehead atoms. The fourth-order valence-corrected chi connectivity index (χ4v) is 6.19. The summed E-state index contributed by atoms with van der Waals surface area (Å²) in [5.41, 5.74) is 1.69. The van der Waals surface area contributed by atoms with Crippen molar-refractivity contribution in [3.63, 3.8) is 0 Å². The van der Waals surface area contributed by atoms with Crippen molar-refractivity contribution >= 4 is 50.7 Å². The molecule has 0 aliphatic rings. The molecule has 0 aliphatic heterocycles. The van der Waals surface area contributed by atoms with Gasteiger partial charge < -0.3 is 19.7 Å². The van der Waals surface area contributed by atoms with Crippen LogP contribution in [-0.4, -0.2) is 58.5 Å². The summed E-state index contributed by atoms with van der Waals surface area (Å²) in [6.07, 6.45) is 1.01. The van der Waals surface area contributed by atoms with E-state index in [0.29, 0.717) is 40.7 Å². The van der Waals surface area contributed by atoms with Crippen molar-refractivity contribution in [3.8, 4) is 11.5 Å². The molecule has 12 heteroatoms. The van der Waals surface area contributed by atoms with Gasteiger partial charge in [-0.2, -0.15) is 0 Å². The lowest BCUT2D eigenvalue weighted by atomic mass is 10.1. The highest BCUT2D eigenvalue weighted by atomic mass is 35.5. The summed E-state index contributed by atoms with van der Waals surface area (Å²) in [4.78, 5) is 28.8. The number of nitrogens with one attached hydrogen (secondary N) is 1. The van der Waals surface area contributed by atoms with Crippen LogP contribution in [0.3, 0.4) is 0 Å². The second-order valence-electron chi connectivity index (χ2n) is 9.85. The van der Waals surface area contributed by atoms with Gasteiger partial charge in [-0.1, -0.05) is 60.8 Å². The molecule has 9 nitrogen and oxygen atoms in total. The number of anilines is 1. The molecule has 0 radical (unpaired) electrons. The Balaban J connectivity index is 2.12. The predicted octanol–water partition coefficient (Wildman–Crippen LogP) is 5.85. The summed E-state index contributed by atoms with van der Waals surface area (Å²) in [5, 5.41) is 3.50. The van der Waals surface area contributed by atoms with Crippen molar-refractivity contribution in [2.45, 2.75) is 51.1 Å². The van der Waals surface area contributed by atoms with Gasteiger partial charge in [0.2, 0.25) is 11.8 Å². The molecule has 3 aromatic carbocycles. The van der Waals surface area contributed by atoms with Crippen LogP contribution in [0.25, 0.3) is 0 Å². The quantitative estimate of drug-likeness (QED) is 0.235. The van der Waals surface area contributed by atoms with Crippen molar-refractivity contribution in [3.05, 3.63) is 81.8 Å². The second-order valence-corrected chi connectivity index (χ2v) is 12.5. The topological polar surface area (TPSA) is 105 Å². The highest BCUT2D eigenvalue weighted by Crippen LogP contribution is 2.34. The van der Waals surface area contributed by atoms with Crippen molar-refractivity contribution in [1.29, 1.82) is 0 Å². The SMILES string of the molecule is CCCNC(=O)C(CC)N(Cc1ccc(Cl)c(Cl)c1)C(=O)CN(c1ccc(OC)c(OC)c1)S(=O)(=O)c1ccc(C)cc1. The van der Waals surface area contributed by atoms with Crippen LogP contribution in [0.15, 0.2) is 65.6 Å². The zero-order valence-electron chi connectivity index (χ0n) is 24.9. The summed E-state index contributed by atoms with van der Waals surface area (Å²) < 4.78 is 39.9. The maximum absolute atomic E-state index is 14.2. The number of carbonyl (C=O) groups excluding carboxylic acids is 2. The largest absolute Gasteiger partial charge is 0.493 e. The van der Waals surface area contributed by atoms with Gasteiger partial charge in [0.05, 0.1) is 34.8 Å². The Hall–Kier alpha value is -3.47. The van der Waals surface area contributed by atoms with Crippen molar-refractivity contribution in [2.75, 3.05) is 31.6 Å². The van der Waals surface area contributed by atoms with Crippen LogP contribution in [-0.2, 0) is 26.2 Å². The molecule has 0 saturated carbocycles. The summed E-state index contributed by atoms with van der Waals surface area (Å²) in [5.74, 6) is -0.244. The highest BCUT2D eigenvalue weighted by molar-refractivity contribution is 7.92. The second kappa shape index (κ2) is 15.3. The number of methoxy groups -OCH3 is 2. The molecular weight excluding hydrogens is 613 g/mol. The van der Waals surface area contributed by atoms with E-state index in [1.54, 1.807) is 43.3 Å². The van der Waals surface area contributed by atoms with E-state index in [4.69, 9.17) is 32.7 Å². The Morgan fingerprint density at radius 3 is 2.16 bits per heavy atom. The standard InChI is InChI=1S/C31H37Cl2N3O6S/c1-6-16-34-31(38)27(7-2)35(19-22-10-14-25(32)26(33)17-22)30(37)20-36(23-11-15-28(41-4)29(18-23)42-5)43(39,40)24-12-8-21(3)9-13-24/h8-15,17-18,27H,6-7,16,19-20H2,1-5H3,(H,34,38). The Kier molecular flexibility index (Phi) is 12.1. The Labute approximate surface area is 263 Å². The fraction of sp³-hybridized carbons (Fsp3) is 0.355. The smallest absolute Gasteiger partial charge is 0.264 e. The Morgan fingerprint density at radius 2 is 1.58 bits per heavy atom. The number of nitrogens with zero attached hydrogens (tertiary/aromatic N) is 2. The van der Waals surface area contributed by atoms with Gasteiger partial charge >= 0.3 is 0 Å². The molecule has 0 spiro atoms. The van der Waals surface area contributed by atoms with Crippen LogP contribution in [0.5, 0.6) is 11.5 Å². The minimum Gasteiger partial charge on any atom is -0.493 e. The van der Waals surface area contributed by atoms with Crippen LogP contribution in [0, 0.1) is 6.92 Å². The number of amides is 2. The molecule has 232 valence electrons. The Bertz CT molecular complexity index is 1530. The number of benzene rings is 3. The third-order valence-corrected chi connectivity index (χ3v) is 9.34. The minimum absolute atomic E-state index is 0.00186. The van der Waals surface area contributed by atoms with Gasteiger partial charge in [0.1, 0.15) is 12.6 Å². The first-order chi connectivity index (χ1) is 20.5. The minimum atomic E-state index is -4.25. The number of sulfonamides is 1. The number of hydrogen-bond acceptors (Lipinski definition) is 6. The maximum atomic E-state index is 14.2. The van der Waals surface area contributed by atoms with Gasteiger partial charge in [-0.05, 0) is 61.7 Å². The third kappa shape index (κ3) is 8.34. The normalized spacial score (nSPS) is 11.9. The maximum Gasteiger partial charge on any atom is 0.264 e. The van der Waals surface area contributed by atoms with Crippen LogP contribution in [0.4, 0.5) is 5.69 Å². The van der Waals surface area contributed by atoms with Crippen LogP contribution in [0.1, 0.15) is 37.8 Å². The van der Waals surface area contributed by atoms with E-state index in [1.807, 2.05) is 13.8 Å². The van der Waals surface area contributed by atoms with Gasteiger partial charge in [-0.25, -0.2) is 8.42 Å². The van der Waals surface area contributed by atoms with E-state index in [2.05, 4.69) is 5.32 Å². The number of ether oxygens (including phenoxy) is 2. The molecule has 0 saturated heterocycles. The van der Waals surface area contributed by atoms with Gasteiger partial charge in [0, 0.05) is 19.2 Å². The zero-order valence-corrected chi connectivity index (χ0v) is 27.2. The molecule has 0 fully saturated rings. The first-order valence-electron chi connectivity index (χ1n) is 13.8. The Morgan fingerprint density at radius 1 is 0.907 bits per heavy atom. The monoisotopic (exact) mass is 649 g/mol. The number of halogens is 2. The summed E-state index contributed by atoms with van der Waals surface area (Å²) in [7, 11) is -1.34. The van der Waals surface area contributed by atoms with Gasteiger partial charge in [-0.3, -0.25) is 13.9 Å². The van der Waals surface area contributed by atoms with Crippen LogP contribution >= 0.6 is 23.2 Å². The zero-order chi connectivity index (χ0) is 31.7. The summed E-state index contributed by atoms with van der Waals surface area (Å²) in [6, 6.07) is 15.0. The lowest BCUT2D eigenvalue weighted by Crippen LogP contribution is -2.52. The average molecular weight is 651 g/mol. The van der Waals surface area contributed by atoms with E-state index < -0.39 is 28.5 Å². The van der Waals surface area contributed by atoms with Crippen molar-refractivity contribution in [1.82, 2.24) is 10.2 Å². The molecule has 2 amide bonds. The van der Waals surface area contributed by atoms with Crippen LogP contribution in [0.2, 0.25) is 10.0 Å². The molecule has 0 aliphatic carbocycles. The molecule has 3 aromatic rings.